The van der Waals surface area contributed by atoms with Crippen molar-refractivity contribution in [1.29, 1.82) is 0 Å². The molecule has 2 N–H and O–H groups in total. The first-order valence-electron chi connectivity index (χ1n) is 2.17. The van der Waals surface area contributed by atoms with E-state index in [-0.39, 0.29) is 11.5 Å². The van der Waals surface area contributed by atoms with Crippen LogP contribution in [0.4, 0.5) is 0 Å². The minimum Gasteiger partial charge on any atom is -0.508 e. The Morgan fingerprint density at radius 1 is 1.33 bits per heavy atom. The fraction of sp³-hybridized carbons (Fsp3) is 0. The molecule has 0 atom stereocenters. The molecule has 50 valence electrons. The smallest absolute Gasteiger partial charge is 0.132 e. The molecule has 0 aliphatic rings. The largest absolute Gasteiger partial charge is 0.508 e. The minimum absolute atomic E-state index is 0.123. The lowest BCUT2D eigenvalue weighted by Crippen LogP contribution is -1.79. The second-order valence-corrected chi connectivity index (χ2v) is 2.38. The van der Waals surface area contributed by atoms with Gasteiger partial charge in [0.2, 0.25) is 0 Å². The van der Waals surface area contributed by atoms with E-state index in [0.29, 0.717) is 4.48 Å². The van der Waals surface area contributed by atoms with Crippen LogP contribution in [0.2, 0.25) is 0 Å². The Kier molecular flexibility index (Phi) is 3.09. The fourth-order valence-corrected chi connectivity index (χ4v) is 0.351. The van der Waals surface area contributed by atoms with Crippen molar-refractivity contribution in [2.75, 3.05) is 0 Å². The number of hydrogen-bond acceptors (Lipinski definition) is 2. The summed E-state index contributed by atoms with van der Waals surface area (Å²) >= 11 is 2.90. The average molecular weight is 191 g/mol. The molecule has 0 fully saturated rings. The van der Waals surface area contributed by atoms with Crippen molar-refractivity contribution in [1.82, 2.24) is 0 Å². The topological polar surface area (TPSA) is 40.5 Å². The average Bonchev–Trinajstić information content (AvgIpc) is 1.63. The quantitative estimate of drug-likeness (QED) is 0.519. The third-order valence-electron chi connectivity index (χ3n) is 0.581. The van der Waals surface area contributed by atoms with Crippen LogP contribution in [-0.2, 0) is 0 Å². The van der Waals surface area contributed by atoms with E-state index < -0.39 is 0 Å². The molecule has 0 bridgehead atoms. The second kappa shape index (κ2) is 3.35. The Balaban J connectivity index is 4.17. The maximum atomic E-state index is 8.79. The molecule has 0 amide bonds. The highest BCUT2D eigenvalue weighted by molar-refractivity contribution is 9.11. The van der Waals surface area contributed by atoms with E-state index in [1.807, 2.05) is 0 Å². The van der Waals surface area contributed by atoms with Crippen molar-refractivity contribution < 1.29 is 10.2 Å². The first-order valence-corrected chi connectivity index (χ1v) is 2.96. The maximum absolute atomic E-state index is 8.79. The van der Waals surface area contributed by atoms with Gasteiger partial charge in [0, 0.05) is 6.08 Å². The summed E-state index contributed by atoms with van der Waals surface area (Å²) in [5.74, 6) is -0.324. The van der Waals surface area contributed by atoms with Crippen molar-refractivity contribution in [3.63, 3.8) is 0 Å². The molecule has 0 spiro atoms. The molecule has 0 aromatic rings. The highest BCUT2D eigenvalue weighted by Crippen LogP contribution is 2.11. The SMILES string of the molecule is C=C(O)/C=C(/O)C(=C)Br. The normalized spacial score (nSPS) is 11.0. The van der Waals surface area contributed by atoms with Crippen molar-refractivity contribution in [3.05, 3.63) is 35.2 Å². The highest BCUT2D eigenvalue weighted by atomic mass is 79.9. The molecule has 0 aromatic carbocycles. The number of allylic oxidation sites excluding steroid dienone is 2. The molecule has 3 heteroatoms. The Hall–Kier alpha value is -0.700. The van der Waals surface area contributed by atoms with Gasteiger partial charge in [-0.3, -0.25) is 0 Å². The van der Waals surface area contributed by atoms with E-state index in [2.05, 4.69) is 29.1 Å². The van der Waals surface area contributed by atoms with Gasteiger partial charge in [-0.15, -0.1) is 0 Å². The van der Waals surface area contributed by atoms with Gasteiger partial charge >= 0.3 is 0 Å². The van der Waals surface area contributed by atoms with Gasteiger partial charge in [0.25, 0.3) is 0 Å². The van der Waals surface area contributed by atoms with Gasteiger partial charge in [-0.2, -0.15) is 0 Å². The van der Waals surface area contributed by atoms with E-state index >= 15 is 0 Å². The molecule has 9 heavy (non-hydrogen) atoms. The van der Waals surface area contributed by atoms with Crippen LogP contribution in [-0.4, -0.2) is 10.2 Å². The van der Waals surface area contributed by atoms with Crippen LogP contribution in [0.1, 0.15) is 0 Å². The zero-order chi connectivity index (χ0) is 7.44. The van der Waals surface area contributed by atoms with E-state index in [0.717, 1.165) is 6.08 Å². The summed E-state index contributed by atoms with van der Waals surface area (Å²) < 4.78 is 0.317. The van der Waals surface area contributed by atoms with E-state index in [1.165, 1.54) is 0 Å². The zero-order valence-electron chi connectivity index (χ0n) is 4.76. The molecular formula is C6H7BrO2. The predicted molar refractivity (Wildman–Crippen MR) is 40.5 cm³/mol. The van der Waals surface area contributed by atoms with Gasteiger partial charge in [-0.25, -0.2) is 0 Å². The zero-order valence-corrected chi connectivity index (χ0v) is 6.35. The van der Waals surface area contributed by atoms with Crippen molar-refractivity contribution >= 4 is 15.9 Å². The first-order chi connectivity index (χ1) is 4.04. The van der Waals surface area contributed by atoms with E-state index in [1.54, 1.807) is 0 Å². The number of rotatable bonds is 2. The van der Waals surface area contributed by atoms with Gasteiger partial charge in [0.1, 0.15) is 11.5 Å². The molecule has 0 aliphatic heterocycles. The third kappa shape index (κ3) is 3.85. The Labute approximate surface area is 62.0 Å². The molecule has 2 nitrogen and oxygen atoms in total. The monoisotopic (exact) mass is 190 g/mol. The number of aliphatic hydroxyl groups excluding tert-OH is 2. The molecule has 0 rings (SSSR count). The van der Waals surface area contributed by atoms with E-state index in [9.17, 15) is 0 Å². The van der Waals surface area contributed by atoms with Gasteiger partial charge < -0.3 is 10.2 Å². The Morgan fingerprint density at radius 2 is 1.78 bits per heavy atom. The minimum atomic E-state index is -0.201. The lowest BCUT2D eigenvalue weighted by atomic mass is 10.4. The van der Waals surface area contributed by atoms with Crippen molar-refractivity contribution in [2.24, 2.45) is 0 Å². The first kappa shape index (κ1) is 8.30. The van der Waals surface area contributed by atoms with Crippen molar-refractivity contribution in [2.45, 2.75) is 0 Å². The lowest BCUT2D eigenvalue weighted by molar-refractivity contribution is 0.405. The van der Waals surface area contributed by atoms with Crippen LogP contribution in [0.15, 0.2) is 35.2 Å². The van der Waals surface area contributed by atoms with Crippen LogP contribution in [0.25, 0.3) is 0 Å². The maximum Gasteiger partial charge on any atom is 0.132 e. The summed E-state index contributed by atoms with van der Waals surface area (Å²) in [6.07, 6.45) is 1.09. The standard InChI is InChI=1S/C6H7BrO2/c1-4(8)3-6(9)5(2)7/h3,8-9H,1-2H2/b6-3+. The van der Waals surface area contributed by atoms with Crippen LogP contribution in [0.3, 0.4) is 0 Å². The molecule has 0 aliphatic carbocycles. The summed E-state index contributed by atoms with van der Waals surface area (Å²) in [7, 11) is 0. The lowest BCUT2D eigenvalue weighted by Gasteiger charge is -1.92. The number of halogens is 1. The molecule has 0 unspecified atom stereocenters. The van der Waals surface area contributed by atoms with Crippen LogP contribution in [0, 0.1) is 0 Å². The van der Waals surface area contributed by atoms with Gasteiger partial charge in [0.15, 0.2) is 0 Å². The van der Waals surface area contributed by atoms with Crippen LogP contribution in [0.5, 0.6) is 0 Å². The fourth-order valence-electron chi connectivity index (χ4n) is 0.236. The molecule has 0 aromatic heterocycles. The molecular weight excluding hydrogens is 184 g/mol. The molecule has 0 radical (unpaired) electrons. The summed E-state index contributed by atoms with van der Waals surface area (Å²) in [5, 5.41) is 17.3. The van der Waals surface area contributed by atoms with E-state index in [4.69, 9.17) is 10.2 Å². The number of hydrogen-bond donors (Lipinski definition) is 2. The second-order valence-electron chi connectivity index (χ2n) is 1.43. The summed E-state index contributed by atoms with van der Waals surface area (Å²) in [6, 6.07) is 0. The van der Waals surface area contributed by atoms with Crippen molar-refractivity contribution in [3.8, 4) is 0 Å². The predicted octanol–water partition coefficient (Wildman–Crippen LogP) is 2.41. The third-order valence-corrected chi connectivity index (χ3v) is 0.988. The highest BCUT2D eigenvalue weighted by Gasteiger charge is 1.93. The van der Waals surface area contributed by atoms with Gasteiger partial charge in [-0.05, 0) is 15.9 Å². The van der Waals surface area contributed by atoms with Crippen LogP contribution >= 0.6 is 15.9 Å². The Morgan fingerprint density at radius 3 is 1.89 bits per heavy atom. The summed E-state index contributed by atoms with van der Waals surface area (Å²) in [4.78, 5) is 0. The number of aliphatic hydroxyl groups is 2. The molecule has 0 saturated carbocycles. The molecule has 0 heterocycles. The summed E-state index contributed by atoms with van der Waals surface area (Å²) in [5.41, 5.74) is 0. The van der Waals surface area contributed by atoms with Crippen LogP contribution < -0.4 is 0 Å². The van der Waals surface area contributed by atoms with Gasteiger partial charge in [0.05, 0.1) is 4.48 Å². The molecule has 0 saturated heterocycles. The summed E-state index contributed by atoms with van der Waals surface area (Å²) in [6.45, 7) is 6.49. The van der Waals surface area contributed by atoms with Gasteiger partial charge in [-0.1, -0.05) is 13.2 Å². The Bertz CT molecular complexity index is 170.